The molecule has 10 heteroatoms. The fraction of sp³-hybridized carbons (Fsp3) is 0.500. The highest BCUT2D eigenvalue weighted by atomic mass is 16.5. The maximum atomic E-state index is 12.7. The Morgan fingerprint density at radius 3 is 2.79 bits per heavy atom. The third-order valence-corrected chi connectivity index (χ3v) is 4.25. The van der Waals surface area contributed by atoms with Crippen molar-refractivity contribution in [3.05, 3.63) is 20.8 Å². The normalized spacial score (nSPS) is 26.8. The summed E-state index contributed by atoms with van der Waals surface area (Å²) in [7, 11) is 0. The van der Waals surface area contributed by atoms with E-state index in [2.05, 4.69) is 15.9 Å². The second kappa shape index (κ2) is 5.79. The molecule has 0 aromatic carbocycles. The lowest BCUT2D eigenvalue weighted by Gasteiger charge is -2.16. The van der Waals surface area contributed by atoms with Crippen LogP contribution < -0.4 is 17.0 Å². The highest BCUT2D eigenvalue weighted by molar-refractivity contribution is 5.72. The van der Waals surface area contributed by atoms with Crippen LogP contribution >= 0.6 is 0 Å². The summed E-state index contributed by atoms with van der Waals surface area (Å²) in [6.07, 6.45) is 2.43. The zero-order valence-electron chi connectivity index (χ0n) is 12.8. The Bertz CT molecular complexity index is 936. The zero-order chi connectivity index (χ0) is 17.6. The lowest BCUT2D eigenvalue weighted by atomic mass is 10.0. The van der Waals surface area contributed by atoms with Gasteiger partial charge in [-0.25, -0.2) is 9.36 Å². The summed E-state index contributed by atoms with van der Waals surface area (Å²) in [4.78, 5) is 31.2. The number of rotatable bonds is 3. The van der Waals surface area contributed by atoms with Crippen molar-refractivity contribution in [2.45, 2.75) is 31.9 Å². The molecular weight excluding hydrogens is 318 g/mol. The number of anilines is 1. The number of nitrogens with two attached hydrogens (primary N) is 1. The van der Waals surface area contributed by atoms with Crippen molar-refractivity contribution < 1.29 is 14.9 Å². The molecule has 4 atom stereocenters. The van der Waals surface area contributed by atoms with E-state index in [1.165, 1.54) is 0 Å². The number of fused-ring (bicyclic) bond motifs is 1. The summed E-state index contributed by atoms with van der Waals surface area (Å²) >= 11 is 0. The molecule has 0 radical (unpaired) electrons. The second-order valence-electron chi connectivity index (χ2n) is 5.66. The van der Waals surface area contributed by atoms with Gasteiger partial charge in [-0.05, 0) is 0 Å². The lowest BCUT2D eigenvalue weighted by Crippen LogP contribution is -2.33. The average Bonchev–Trinajstić information content (AvgIpc) is 2.96. The van der Waals surface area contributed by atoms with E-state index in [0.29, 0.717) is 0 Å². The van der Waals surface area contributed by atoms with Crippen LogP contribution in [0, 0.1) is 18.3 Å². The van der Waals surface area contributed by atoms with Crippen LogP contribution in [0.1, 0.15) is 13.2 Å². The number of aliphatic hydroxyl groups is 2. The number of imidazole rings is 1. The van der Waals surface area contributed by atoms with E-state index in [-0.39, 0.29) is 30.3 Å². The molecule has 0 amide bonds. The molecule has 2 aromatic rings. The molecule has 1 fully saturated rings. The van der Waals surface area contributed by atoms with Crippen LogP contribution in [0.15, 0.2) is 9.59 Å². The van der Waals surface area contributed by atoms with E-state index in [9.17, 15) is 19.8 Å². The molecule has 0 aliphatic carbocycles. The summed E-state index contributed by atoms with van der Waals surface area (Å²) in [5.74, 6) is 1.70. The summed E-state index contributed by atoms with van der Waals surface area (Å²) in [5.41, 5.74) is 4.20. The highest BCUT2D eigenvalue weighted by Crippen LogP contribution is 2.34. The van der Waals surface area contributed by atoms with Crippen LogP contribution in [0.2, 0.25) is 0 Å². The van der Waals surface area contributed by atoms with Crippen LogP contribution in [0.3, 0.4) is 0 Å². The SMILES string of the molecule is C#CCn1c(=O)n(C2OC(CO)C(C)C2O)c2nc(N)[nH]c(=O)c21. The minimum Gasteiger partial charge on any atom is -0.394 e. The minimum atomic E-state index is -1.11. The molecule has 3 heterocycles. The average molecular weight is 335 g/mol. The van der Waals surface area contributed by atoms with Gasteiger partial charge in [0.05, 0.1) is 19.3 Å². The summed E-state index contributed by atoms with van der Waals surface area (Å²) < 4.78 is 7.70. The van der Waals surface area contributed by atoms with Crippen molar-refractivity contribution in [2.75, 3.05) is 12.3 Å². The lowest BCUT2D eigenvalue weighted by molar-refractivity contribution is -0.0509. The predicted octanol–water partition coefficient (Wildman–Crippen LogP) is -2.01. The number of H-pyrrole nitrogens is 1. The Kier molecular flexibility index (Phi) is 3.92. The fourth-order valence-corrected chi connectivity index (χ4v) is 2.95. The van der Waals surface area contributed by atoms with Crippen molar-refractivity contribution >= 4 is 17.1 Å². The second-order valence-corrected chi connectivity index (χ2v) is 5.66. The van der Waals surface area contributed by atoms with Gasteiger partial charge in [0.25, 0.3) is 5.56 Å². The molecule has 2 aromatic heterocycles. The number of ether oxygens (including phenoxy) is 1. The first-order chi connectivity index (χ1) is 11.4. The highest BCUT2D eigenvalue weighted by Gasteiger charge is 2.43. The third kappa shape index (κ3) is 2.22. The van der Waals surface area contributed by atoms with E-state index in [0.717, 1.165) is 9.13 Å². The molecule has 24 heavy (non-hydrogen) atoms. The number of nitrogen functional groups attached to an aromatic ring is 1. The topological polar surface area (TPSA) is 148 Å². The van der Waals surface area contributed by atoms with Gasteiger partial charge in [-0.3, -0.25) is 14.3 Å². The molecule has 1 saturated heterocycles. The first kappa shape index (κ1) is 16.3. The Balaban J connectivity index is 2.30. The van der Waals surface area contributed by atoms with Gasteiger partial charge in [0.15, 0.2) is 17.4 Å². The summed E-state index contributed by atoms with van der Waals surface area (Å²) in [6.45, 7) is 1.22. The van der Waals surface area contributed by atoms with Gasteiger partial charge in [0, 0.05) is 5.92 Å². The zero-order valence-corrected chi connectivity index (χ0v) is 12.8. The predicted molar refractivity (Wildman–Crippen MR) is 84.0 cm³/mol. The van der Waals surface area contributed by atoms with Crippen molar-refractivity contribution in [1.29, 1.82) is 0 Å². The number of aromatic amines is 1. The number of nitrogens with one attached hydrogen (secondary N) is 1. The molecule has 0 saturated carbocycles. The molecule has 1 aliphatic heterocycles. The molecule has 4 unspecified atom stereocenters. The van der Waals surface area contributed by atoms with Gasteiger partial charge in [-0.1, -0.05) is 12.8 Å². The number of hydrogen-bond acceptors (Lipinski definition) is 7. The van der Waals surface area contributed by atoms with Crippen LogP contribution in [0.25, 0.3) is 11.2 Å². The Morgan fingerprint density at radius 1 is 1.50 bits per heavy atom. The maximum absolute atomic E-state index is 12.7. The summed E-state index contributed by atoms with van der Waals surface area (Å²) in [6, 6.07) is 0. The van der Waals surface area contributed by atoms with E-state index in [4.69, 9.17) is 16.9 Å². The smallest absolute Gasteiger partial charge is 0.333 e. The first-order valence-corrected chi connectivity index (χ1v) is 7.29. The first-order valence-electron chi connectivity index (χ1n) is 7.29. The van der Waals surface area contributed by atoms with Crippen molar-refractivity contribution in [2.24, 2.45) is 5.92 Å². The van der Waals surface area contributed by atoms with Gasteiger partial charge in [-0.2, -0.15) is 4.98 Å². The van der Waals surface area contributed by atoms with Crippen LogP contribution in [0.5, 0.6) is 0 Å². The fourth-order valence-electron chi connectivity index (χ4n) is 2.95. The largest absolute Gasteiger partial charge is 0.394 e. The van der Waals surface area contributed by atoms with Gasteiger partial charge in [-0.15, -0.1) is 6.42 Å². The minimum absolute atomic E-state index is 0.0358. The Hall–Kier alpha value is -2.61. The number of nitrogens with zero attached hydrogens (tertiary/aromatic N) is 3. The molecule has 5 N–H and O–H groups in total. The number of aliphatic hydroxyl groups excluding tert-OH is 2. The molecular formula is C14H17N5O5. The van der Waals surface area contributed by atoms with E-state index in [1.54, 1.807) is 6.92 Å². The number of hydrogen-bond donors (Lipinski definition) is 4. The molecule has 0 spiro atoms. The van der Waals surface area contributed by atoms with Gasteiger partial charge in [0.2, 0.25) is 5.95 Å². The van der Waals surface area contributed by atoms with Crippen LogP contribution in [-0.4, -0.2) is 48.1 Å². The molecule has 128 valence electrons. The number of terminal acetylenes is 1. The third-order valence-electron chi connectivity index (χ3n) is 4.25. The van der Waals surface area contributed by atoms with Crippen molar-refractivity contribution in [3.63, 3.8) is 0 Å². The van der Waals surface area contributed by atoms with Crippen LogP contribution in [-0.2, 0) is 11.3 Å². The van der Waals surface area contributed by atoms with E-state index >= 15 is 0 Å². The molecule has 3 rings (SSSR count). The maximum Gasteiger partial charge on any atom is 0.333 e. The van der Waals surface area contributed by atoms with Gasteiger partial charge < -0.3 is 20.7 Å². The Morgan fingerprint density at radius 2 is 2.21 bits per heavy atom. The van der Waals surface area contributed by atoms with Crippen molar-refractivity contribution in [1.82, 2.24) is 19.1 Å². The van der Waals surface area contributed by atoms with Gasteiger partial charge in [0.1, 0.15) is 6.10 Å². The van der Waals surface area contributed by atoms with Crippen LogP contribution in [0.4, 0.5) is 5.95 Å². The quantitative estimate of drug-likeness (QED) is 0.473. The summed E-state index contributed by atoms with van der Waals surface area (Å²) in [5, 5.41) is 19.7. The standard InChI is InChI=1S/C14H17N5O5/c1-3-4-18-8-10(16-13(15)17-11(8)22)19(14(18)23)12-9(21)6(2)7(5-20)24-12/h1,6-7,9,12,20-21H,4-5H2,2H3,(H3,15,16,17,22). The van der Waals surface area contributed by atoms with Gasteiger partial charge >= 0.3 is 5.69 Å². The number of aromatic nitrogens is 4. The van der Waals surface area contributed by atoms with Crippen molar-refractivity contribution in [3.8, 4) is 12.3 Å². The molecule has 0 bridgehead atoms. The van der Waals surface area contributed by atoms with E-state index in [1.807, 2.05) is 0 Å². The van der Waals surface area contributed by atoms with E-state index < -0.39 is 35.6 Å². The molecule has 1 aliphatic rings. The monoisotopic (exact) mass is 335 g/mol. The Labute approximate surface area is 135 Å². The molecule has 10 nitrogen and oxygen atoms in total.